The van der Waals surface area contributed by atoms with Gasteiger partial charge in [0.15, 0.2) is 0 Å². The van der Waals surface area contributed by atoms with Gasteiger partial charge in [-0.15, -0.1) is 11.8 Å². The largest absolute Gasteiger partial charge is 0.310 e. The molecule has 2 rings (SSSR count). The first-order valence-electron chi connectivity index (χ1n) is 6.94. The lowest BCUT2D eigenvalue weighted by atomic mass is 9.90. The number of nitrogens with one attached hydrogen (secondary N) is 1. The van der Waals surface area contributed by atoms with Gasteiger partial charge in [0.2, 0.25) is 0 Å². The number of thioether (sulfide) groups is 1. The second-order valence-electron chi connectivity index (χ2n) is 4.75. The highest BCUT2D eigenvalue weighted by Gasteiger charge is 2.16. The van der Waals surface area contributed by atoms with Gasteiger partial charge in [-0.3, -0.25) is 0 Å². The maximum atomic E-state index is 3.46. The van der Waals surface area contributed by atoms with Crippen molar-refractivity contribution >= 4 is 11.8 Å². The van der Waals surface area contributed by atoms with Crippen molar-refractivity contribution in [3.8, 4) is 0 Å². The van der Waals surface area contributed by atoms with E-state index in [4.69, 9.17) is 0 Å². The van der Waals surface area contributed by atoms with Crippen molar-refractivity contribution in [1.29, 1.82) is 0 Å². The molecule has 0 bridgehead atoms. The SMILES string of the molecule is CCSc1ccc(C(NC)C2=CCCCC2)cc1. The summed E-state index contributed by atoms with van der Waals surface area (Å²) >= 11 is 1.90. The fourth-order valence-electron chi connectivity index (χ4n) is 2.61. The molecule has 1 aromatic carbocycles. The second kappa shape index (κ2) is 7.01. The molecule has 1 nitrogen and oxygen atoms in total. The Hall–Kier alpha value is -0.730. The van der Waals surface area contributed by atoms with Crippen LogP contribution in [-0.2, 0) is 0 Å². The molecule has 2 heteroatoms. The molecular formula is C16H23NS. The summed E-state index contributed by atoms with van der Waals surface area (Å²) in [5.74, 6) is 1.14. The minimum Gasteiger partial charge on any atom is -0.310 e. The van der Waals surface area contributed by atoms with Gasteiger partial charge in [0.05, 0.1) is 6.04 Å². The van der Waals surface area contributed by atoms with Crippen LogP contribution in [0.5, 0.6) is 0 Å². The van der Waals surface area contributed by atoms with Crippen LogP contribution in [0.15, 0.2) is 40.8 Å². The van der Waals surface area contributed by atoms with Crippen LogP contribution in [0.3, 0.4) is 0 Å². The highest BCUT2D eigenvalue weighted by Crippen LogP contribution is 2.30. The molecule has 1 unspecified atom stereocenters. The Kier molecular flexibility index (Phi) is 5.33. The van der Waals surface area contributed by atoms with Crippen molar-refractivity contribution in [3.63, 3.8) is 0 Å². The number of hydrogen-bond donors (Lipinski definition) is 1. The molecule has 0 amide bonds. The lowest BCUT2D eigenvalue weighted by Crippen LogP contribution is -2.19. The molecule has 0 heterocycles. The van der Waals surface area contributed by atoms with E-state index < -0.39 is 0 Å². The van der Waals surface area contributed by atoms with Crippen LogP contribution in [0, 0.1) is 0 Å². The summed E-state index contributed by atoms with van der Waals surface area (Å²) in [5, 5.41) is 3.46. The van der Waals surface area contributed by atoms with Crippen molar-refractivity contribution in [2.24, 2.45) is 0 Å². The van der Waals surface area contributed by atoms with Crippen LogP contribution in [0.4, 0.5) is 0 Å². The number of hydrogen-bond acceptors (Lipinski definition) is 2. The summed E-state index contributed by atoms with van der Waals surface area (Å²) < 4.78 is 0. The first kappa shape index (κ1) is 13.7. The van der Waals surface area contributed by atoms with Crippen LogP contribution in [0.2, 0.25) is 0 Å². The highest BCUT2D eigenvalue weighted by molar-refractivity contribution is 7.99. The van der Waals surface area contributed by atoms with E-state index in [1.54, 1.807) is 5.57 Å². The van der Waals surface area contributed by atoms with Crippen LogP contribution in [0.25, 0.3) is 0 Å². The fraction of sp³-hybridized carbons (Fsp3) is 0.500. The topological polar surface area (TPSA) is 12.0 Å². The molecule has 0 fully saturated rings. The Bertz CT molecular complexity index is 394. The van der Waals surface area contributed by atoms with Gasteiger partial charge in [0.1, 0.15) is 0 Å². The first-order valence-corrected chi connectivity index (χ1v) is 7.92. The van der Waals surface area contributed by atoms with Crippen molar-refractivity contribution < 1.29 is 0 Å². The lowest BCUT2D eigenvalue weighted by Gasteiger charge is -2.23. The van der Waals surface area contributed by atoms with Crippen LogP contribution in [-0.4, -0.2) is 12.8 Å². The van der Waals surface area contributed by atoms with Gasteiger partial charge < -0.3 is 5.32 Å². The lowest BCUT2D eigenvalue weighted by molar-refractivity contribution is 0.593. The fourth-order valence-corrected chi connectivity index (χ4v) is 3.28. The quantitative estimate of drug-likeness (QED) is 0.616. The highest BCUT2D eigenvalue weighted by atomic mass is 32.2. The molecule has 98 valence electrons. The zero-order valence-electron chi connectivity index (χ0n) is 11.4. The molecule has 1 atom stereocenters. The summed E-state index contributed by atoms with van der Waals surface area (Å²) in [5.41, 5.74) is 2.96. The molecule has 0 saturated carbocycles. The van der Waals surface area contributed by atoms with Crippen molar-refractivity contribution in [2.45, 2.75) is 43.5 Å². The maximum absolute atomic E-state index is 3.46. The van der Waals surface area contributed by atoms with Gasteiger partial charge in [0, 0.05) is 4.90 Å². The molecule has 0 aliphatic heterocycles. The predicted molar refractivity (Wildman–Crippen MR) is 81.2 cm³/mol. The summed E-state index contributed by atoms with van der Waals surface area (Å²) in [6.45, 7) is 2.20. The summed E-state index contributed by atoms with van der Waals surface area (Å²) in [6, 6.07) is 9.45. The van der Waals surface area contributed by atoms with Crippen LogP contribution in [0.1, 0.15) is 44.2 Å². The molecule has 0 saturated heterocycles. The molecule has 1 N–H and O–H groups in total. The van der Waals surface area contributed by atoms with Gasteiger partial charge in [-0.2, -0.15) is 0 Å². The van der Waals surface area contributed by atoms with Gasteiger partial charge in [-0.05, 0) is 56.2 Å². The van der Waals surface area contributed by atoms with E-state index in [1.165, 1.54) is 36.1 Å². The summed E-state index contributed by atoms with van der Waals surface area (Å²) in [7, 11) is 2.06. The average Bonchev–Trinajstić information content (AvgIpc) is 2.43. The van der Waals surface area contributed by atoms with E-state index in [-0.39, 0.29) is 0 Å². The molecule has 0 aromatic heterocycles. The van der Waals surface area contributed by atoms with E-state index in [2.05, 4.69) is 49.6 Å². The van der Waals surface area contributed by atoms with E-state index in [0.717, 1.165) is 5.75 Å². The van der Waals surface area contributed by atoms with Crippen LogP contribution >= 0.6 is 11.8 Å². The van der Waals surface area contributed by atoms with E-state index in [0.29, 0.717) is 6.04 Å². The van der Waals surface area contributed by atoms with Crippen LogP contribution < -0.4 is 5.32 Å². The Morgan fingerprint density at radius 3 is 2.56 bits per heavy atom. The van der Waals surface area contributed by atoms with E-state index in [9.17, 15) is 0 Å². The monoisotopic (exact) mass is 261 g/mol. The Balaban J connectivity index is 2.14. The third-order valence-electron chi connectivity index (χ3n) is 3.51. The Morgan fingerprint density at radius 1 is 1.22 bits per heavy atom. The molecule has 0 radical (unpaired) electrons. The van der Waals surface area contributed by atoms with Crippen molar-refractivity contribution in [1.82, 2.24) is 5.32 Å². The van der Waals surface area contributed by atoms with Gasteiger partial charge in [0.25, 0.3) is 0 Å². The van der Waals surface area contributed by atoms with Crippen molar-refractivity contribution in [3.05, 3.63) is 41.5 Å². The second-order valence-corrected chi connectivity index (χ2v) is 6.09. The van der Waals surface area contributed by atoms with E-state index in [1.807, 2.05) is 11.8 Å². The minimum atomic E-state index is 0.408. The summed E-state index contributed by atoms with van der Waals surface area (Å²) in [4.78, 5) is 1.37. The van der Waals surface area contributed by atoms with Gasteiger partial charge in [-0.1, -0.05) is 30.7 Å². The predicted octanol–water partition coefficient (Wildman–Crippen LogP) is 4.56. The normalized spacial score (nSPS) is 17.3. The first-order chi connectivity index (χ1) is 8.85. The van der Waals surface area contributed by atoms with Gasteiger partial charge >= 0.3 is 0 Å². The van der Waals surface area contributed by atoms with E-state index >= 15 is 0 Å². The zero-order valence-corrected chi connectivity index (χ0v) is 12.2. The van der Waals surface area contributed by atoms with Crippen molar-refractivity contribution in [2.75, 3.05) is 12.8 Å². The third-order valence-corrected chi connectivity index (χ3v) is 4.40. The van der Waals surface area contributed by atoms with Gasteiger partial charge in [-0.25, -0.2) is 0 Å². The number of allylic oxidation sites excluding steroid dienone is 1. The number of rotatable bonds is 5. The minimum absolute atomic E-state index is 0.408. The third kappa shape index (κ3) is 3.39. The number of benzene rings is 1. The molecule has 18 heavy (non-hydrogen) atoms. The average molecular weight is 261 g/mol. The Labute approximate surface area is 115 Å². The molecular weight excluding hydrogens is 238 g/mol. The molecule has 0 spiro atoms. The maximum Gasteiger partial charge on any atom is 0.0533 e. The standard InChI is InChI=1S/C16H23NS/c1-3-18-15-11-9-14(10-12-15)16(17-2)13-7-5-4-6-8-13/h7,9-12,16-17H,3-6,8H2,1-2H3. The number of likely N-dealkylation sites (N-methyl/N-ethyl adjacent to an activating group) is 1. The summed E-state index contributed by atoms with van der Waals surface area (Å²) in [6.07, 6.45) is 7.62. The zero-order chi connectivity index (χ0) is 12.8. The Morgan fingerprint density at radius 2 is 2.00 bits per heavy atom. The smallest absolute Gasteiger partial charge is 0.0533 e. The molecule has 1 aromatic rings. The molecule has 1 aliphatic carbocycles. The molecule has 1 aliphatic rings.